The third-order valence-electron chi connectivity index (χ3n) is 4.45. The van der Waals surface area contributed by atoms with Crippen molar-refractivity contribution in [3.63, 3.8) is 0 Å². The van der Waals surface area contributed by atoms with E-state index in [2.05, 4.69) is 10.3 Å². The minimum absolute atomic E-state index is 0.194. The summed E-state index contributed by atoms with van der Waals surface area (Å²) in [6.07, 6.45) is 0.329. The summed E-state index contributed by atoms with van der Waals surface area (Å²) in [5.74, 6) is -2.52. The Morgan fingerprint density at radius 3 is 2.69 bits per heavy atom. The number of nitrogens with zero attached hydrogens (tertiary/aromatic N) is 2. The van der Waals surface area contributed by atoms with E-state index in [1.807, 2.05) is 0 Å². The van der Waals surface area contributed by atoms with E-state index in [1.165, 1.54) is 10.6 Å². The molecule has 5 nitrogen and oxygen atoms in total. The maximum atomic E-state index is 14.3. The molecule has 0 aliphatic carbocycles. The van der Waals surface area contributed by atoms with E-state index in [4.69, 9.17) is 0 Å². The topological polar surface area (TPSA) is 64.0 Å². The van der Waals surface area contributed by atoms with E-state index in [-0.39, 0.29) is 21.3 Å². The summed E-state index contributed by atoms with van der Waals surface area (Å²) in [4.78, 5) is 29.8. The number of aromatic nitrogens is 2. The number of anilines is 1. The monoisotopic (exact) mass is 417 g/mol. The van der Waals surface area contributed by atoms with Gasteiger partial charge in [0.1, 0.15) is 34.5 Å². The Hall–Kier alpha value is -3.20. The van der Waals surface area contributed by atoms with Crippen LogP contribution in [0.5, 0.6) is 0 Å². The fourth-order valence-corrected chi connectivity index (χ4v) is 4.23. The predicted molar refractivity (Wildman–Crippen MR) is 106 cm³/mol. The van der Waals surface area contributed by atoms with Crippen molar-refractivity contribution in [1.82, 2.24) is 9.55 Å². The summed E-state index contributed by atoms with van der Waals surface area (Å²) in [7, 11) is 0. The number of halogens is 3. The van der Waals surface area contributed by atoms with E-state index in [9.17, 15) is 22.8 Å². The van der Waals surface area contributed by atoms with Crippen molar-refractivity contribution >= 4 is 43.2 Å². The summed E-state index contributed by atoms with van der Waals surface area (Å²) in [6.45, 7) is 1.35. The van der Waals surface area contributed by atoms with Gasteiger partial charge in [-0.25, -0.2) is 18.2 Å². The number of amides is 1. The highest BCUT2D eigenvalue weighted by molar-refractivity contribution is 7.25. The Kier molecular flexibility index (Phi) is 4.83. The molecule has 4 rings (SSSR count). The molecule has 2 aromatic carbocycles. The summed E-state index contributed by atoms with van der Waals surface area (Å²) in [5, 5.41) is 2.61. The zero-order valence-corrected chi connectivity index (χ0v) is 15.9. The number of carbonyl (C=O) groups excluding carboxylic acids is 1. The largest absolute Gasteiger partial charge is 0.322 e. The minimum Gasteiger partial charge on any atom is -0.322 e. The molecule has 2 heterocycles. The van der Waals surface area contributed by atoms with E-state index < -0.39 is 35.5 Å². The van der Waals surface area contributed by atoms with E-state index >= 15 is 0 Å². The molecular weight excluding hydrogens is 403 g/mol. The van der Waals surface area contributed by atoms with Gasteiger partial charge in [-0.2, -0.15) is 0 Å². The van der Waals surface area contributed by atoms with Gasteiger partial charge in [0.25, 0.3) is 5.56 Å². The summed E-state index contributed by atoms with van der Waals surface area (Å²) in [5.41, 5.74) is -0.395. The molecule has 0 atom stereocenters. The highest BCUT2D eigenvalue weighted by atomic mass is 32.1. The molecular formula is C20H14F3N3O2S. The quantitative estimate of drug-likeness (QED) is 0.541. The zero-order chi connectivity index (χ0) is 20.7. The van der Waals surface area contributed by atoms with Crippen LogP contribution in [0.15, 0.2) is 41.2 Å². The van der Waals surface area contributed by atoms with E-state index in [0.717, 1.165) is 23.5 Å². The van der Waals surface area contributed by atoms with Crippen LogP contribution in [0.1, 0.15) is 12.7 Å². The fraction of sp³-hybridized carbons (Fsp3) is 0.150. The number of aryl methyl sites for hydroxylation is 1. The molecule has 4 aromatic rings. The lowest BCUT2D eigenvalue weighted by Crippen LogP contribution is -2.30. The van der Waals surface area contributed by atoms with Gasteiger partial charge in [-0.3, -0.25) is 14.2 Å². The first kappa shape index (κ1) is 19.1. The molecule has 148 valence electrons. The van der Waals surface area contributed by atoms with Crippen molar-refractivity contribution in [2.75, 3.05) is 5.32 Å². The molecule has 0 saturated heterocycles. The van der Waals surface area contributed by atoms with Crippen LogP contribution < -0.4 is 10.9 Å². The van der Waals surface area contributed by atoms with E-state index in [1.54, 1.807) is 19.1 Å². The molecule has 0 aliphatic rings. The second-order valence-corrected chi connectivity index (χ2v) is 7.39. The van der Waals surface area contributed by atoms with Gasteiger partial charge in [0, 0.05) is 17.2 Å². The number of hydrogen-bond acceptors (Lipinski definition) is 4. The Morgan fingerprint density at radius 1 is 1.17 bits per heavy atom. The standard InChI is InChI=1S/C20H14F3N3O2S/c1-2-15-25-18-17-11(22)4-3-5-14(17)29-19(18)20(28)26(15)9-16(27)24-13-7-6-10(21)8-12(13)23/h3-8H,2,9H2,1H3,(H,24,27). The third-order valence-corrected chi connectivity index (χ3v) is 5.59. The summed E-state index contributed by atoms with van der Waals surface area (Å²) in [6, 6.07) is 7.32. The normalized spacial score (nSPS) is 11.3. The average Bonchev–Trinajstić information content (AvgIpc) is 3.06. The number of fused-ring (bicyclic) bond motifs is 3. The highest BCUT2D eigenvalue weighted by Crippen LogP contribution is 2.32. The molecule has 0 aliphatic heterocycles. The van der Waals surface area contributed by atoms with Gasteiger partial charge in [-0.1, -0.05) is 13.0 Å². The lowest BCUT2D eigenvalue weighted by molar-refractivity contribution is -0.116. The van der Waals surface area contributed by atoms with Crippen LogP contribution in [0.3, 0.4) is 0 Å². The summed E-state index contributed by atoms with van der Waals surface area (Å²) < 4.78 is 43.1. The van der Waals surface area contributed by atoms with E-state index in [0.29, 0.717) is 23.0 Å². The van der Waals surface area contributed by atoms with Crippen molar-refractivity contribution in [1.29, 1.82) is 0 Å². The molecule has 0 bridgehead atoms. The van der Waals surface area contributed by atoms with Gasteiger partial charge in [0.05, 0.1) is 16.6 Å². The van der Waals surface area contributed by atoms with Gasteiger partial charge in [0.15, 0.2) is 0 Å². The molecule has 9 heteroatoms. The van der Waals surface area contributed by atoms with Crippen LogP contribution >= 0.6 is 11.3 Å². The van der Waals surface area contributed by atoms with Crippen LogP contribution in [0, 0.1) is 17.5 Å². The first-order valence-corrected chi connectivity index (χ1v) is 9.56. The van der Waals surface area contributed by atoms with Crippen molar-refractivity contribution < 1.29 is 18.0 Å². The van der Waals surface area contributed by atoms with Crippen LogP contribution in [0.25, 0.3) is 20.3 Å². The van der Waals surface area contributed by atoms with Crippen molar-refractivity contribution in [3.8, 4) is 0 Å². The van der Waals surface area contributed by atoms with Crippen molar-refractivity contribution in [2.24, 2.45) is 0 Å². The molecule has 2 aromatic heterocycles. The molecule has 0 saturated carbocycles. The third kappa shape index (κ3) is 3.38. The lowest BCUT2D eigenvalue weighted by Gasteiger charge is -2.12. The molecule has 1 amide bonds. The van der Waals surface area contributed by atoms with Crippen molar-refractivity contribution in [2.45, 2.75) is 19.9 Å². The fourth-order valence-electron chi connectivity index (χ4n) is 3.13. The number of benzene rings is 2. The number of hydrogen-bond donors (Lipinski definition) is 1. The number of thiophene rings is 1. The first-order valence-electron chi connectivity index (χ1n) is 8.74. The van der Waals surface area contributed by atoms with Crippen LogP contribution in [-0.2, 0) is 17.8 Å². The Labute approximate surface area is 166 Å². The molecule has 29 heavy (non-hydrogen) atoms. The van der Waals surface area contributed by atoms with Crippen LogP contribution in [0.4, 0.5) is 18.9 Å². The molecule has 0 fully saturated rings. The maximum absolute atomic E-state index is 14.3. The van der Waals surface area contributed by atoms with Gasteiger partial charge in [-0.15, -0.1) is 11.3 Å². The Morgan fingerprint density at radius 2 is 1.97 bits per heavy atom. The second kappa shape index (κ2) is 7.32. The first-order chi connectivity index (χ1) is 13.9. The molecule has 0 radical (unpaired) electrons. The number of nitrogens with one attached hydrogen (secondary N) is 1. The van der Waals surface area contributed by atoms with Gasteiger partial charge in [0.2, 0.25) is 5.91 Å². The Bertz CT molecular complexity index is 1330. The zero-order valence-electron chi connectivity index (χ0n) is 15.1. The SMILES string of the molecule is CCc1nc2c(sc3cccc(F)c32)c(=O)n1CC(=O)Nc1ccc(F)cc1F. The lowest BCUT2D eigenvalue weighted by atomic mass is 10.2. The minimum atomic E-state index is -0.921. The predicted octanol–water partition coefficient (Wildman–Crippen LogP) is 4.23. The summed E-state index contributed by atoms with van der Waals surface area (Å²) >= 11 is 1.10. The molecule has 0 spiro atoms. The average molecular weight is 417 g/mol. The Balaban J connectivity index is 1.76. The van der Waals surface area contributed by atoms with Gasteiger partial charge in [-0.05, 0) is 24.3 Å². The second-order valence-electron chi connectivity index (χ2n) is 6.34. The van der Waals surface area contributed by atoms with Crippen LogP contribution in [-0.4, -0.2) is 15.5 Å². The molecule has 1 N–H and O–H groups in total. The molecule has 0 unspecified atom stereocenters. The maximum Gasteiger partial charge on any atom is 0.272 e. The number of rotatable bonds is 4. The number of carbonyl (C=O) groups is 1. The van der Waals surface area contributed by atoms with Gasteiger partial charge >= 0.3 is 0 Å². The van der Waals surface area contributed by atoms with Crippen molar-refractivity contribution in [3.05, 3.63) is 70.0 Å². The smallest absolute Gasteiger partial charge is 0.272 e. The van der Waals surface area contributed by atoms with Gasteiger partial charge < -0.3 is 5.32 Å². The van der Waals surface area contributed by atoms with Crippen LogP contribution in [0.2, 0.25) is 0 Å². The highest BCUT2D eigenvalue weighted by Gasteiger charge is 2.19.